The van der Waals surface area contributed by atoms with E-state index in [9.17, 15) is 17.7 Å². The normalized spacial score (nSPS) is 17.2. The van der Waals surface area contributed by atoms with Gasteiger partial charge in [-0.1, -0.05) is 6.92 Å². The maximum Gasteiger partial charge on any atom is 0.389 e. The summed E-state index contributed by atoms with van der Waals surface area (Å²) in [6.07, 6.45) is -4.46. The van der Waals surface area contributed by atoms with Gasteiger partial charge in [-0.3, -0.25) is 0 Å². The molecule has 0 aromatic heterocycles. The molecule has 0 fully saturated rings. The lowest BCUT2D eigenvalue weighted by Gasteiger charge is -2.27. The van der Waals surface area contributed by atoms with E-state index in [1.54, 1.807) is 27.7 Å². The molecule has 0 aliphatic carbocycles. The van der Waals surface area contributed by atoms with Crippen molar-refractivity contribution in [2.75, 3.05) is 0 Å². The summed E-state index contributed by atoms with van der Waals surface area (Å²) in [4.78, 5) is 0. The number of rotatable bonds is 5. The fourth-order valence-electron chi connectivity index (χ4n) is 1.01. The third-order valence-electron chi connectivity index (χ3n) is 2.10. The van der Waals surface area contributed by atoms with E-state index < -0.39 is 28.7 Å². The SMILES string of the molecule is CC[C@H](CCC(F)(F)F)N[S@@+]([O-])C(C)(C)C. The molecule has 98 valence electrons. The summed E-state index contributed by atoms with van der Waals surface area (Å²) < 4.78 is 50.0. The van der Waals surface area contributed by atoms with Gasteiger partial charge in [-0.2, -0.15) is 13.2 Å². The predicted molar refractivity (Wildman–Crippen MR) is 60.4 cm³/mol. The van der Waals surface area contributed by atoms with Crippen molar-refractivity contribution < 1.29 is 17.7 Å². The molecule has 0 radical (unpaired) electrons. The van der Waals surface area contributed by atoms with Crippen LogP contribution in [-0.4, -0.2) is 21.5 Å². The lowest BCUT2D eigenvalue weighted by Crippen LogP contribution is -2.44. The van der Waals surface area contributed by atoms with Gasteiger partial charge in [0.05, 0.1) is 6.04 Å². The first-order valence-corrected chi connectivity index (χ1v) is 6.46. The van der Waals surface area contributed by atoms with Crippen molar-refractivity contribution in [2.45, 2.75) is 63.9 Å². The fraction of sp³-hybridized carbons (Fsp3) is 1.00. The zero-order valence-corrected chi connectivity index (χ0v) is 11.0. The molecule has 0 rings (SSSR count). The average Bonchev–Trinajstić information content (AvgIpc) is 2.08. The van der Waals surface area contributed by atoms with Crippen molar-refractivity contribution in [3.05, 3.63) is 0 Å². The van der Waals surface area contributed by atoms with Crippen molar-refractivity contribution in [2.24, 2.45) is 0 Å². The Labute approximate surface area is 98.3 Å². The average molecular weight is 259 g/mol. The second-order valence-electron chi connectivity index (χ2n) is 4.76. The van der Waals surface area contributed by atoms with Crippen LogP contribution in [0.2, 0.25) is 0 Å². The summed E-state index contributed by atoms with van der Waals surface area (Å²) in [5, 5.41) is 0. The molecule has 0 aliphatic rings. The summed E-state index contributed by atoms with van der Waals surface area (Å²) in [5.74, 6) is 0. The minimum Gasteiger partial charge on any atom is -0.598 e. The maximum absolute atomic E-state index is 12.0. The van der Waals surface area contributed by atoms with Crippen molar-refractivity contribution in [1.29, 1.82) is 0 Å². The van der Waals surface area contributed by atoms with Crippen LogP contribution in [0, 0.1) is 0 Å². The Kier molecular flexibility index (Phi) is 6.14. The topological polar surface area (TPSA) is 35.1 Å². The molecular formula is C10H20F3NOS. The molecule has 0 amide bonds. The molecule has 0 saturated heterocycles. The summed E-state index contributed by atoms with van der Waals surface area (Å²) in [6.45, 7) is 7.14. The lowest BCUT2D eigenvalue weighted by atomic mass is 10.1. The Morgan fingerprint density at radius 1 is 1.25 bits per heavy atom. The van der Waals surface area contributed by atoms with E-state index >= 15 is 0 Å². The van der Waals surface area contributed by atoms with Gasteiger partial charge in [0.25, 0.3) is 0 Å². The van der Waals surface area contributed by atoms with Crippen LogP contribution in [0.4, 0.5) is 13.2 Å². The number of halogens is 3. The van der Waals surface area contributed by atoms with Crippen LogP contribution in [0.3, 0.4) is 0 Å². The van der Waals surface area contributed by atoms with Crippen molar-refractivity contribution >= 4 is 11.4 Å². The number of hydrogen-bond donors (Lipinski definition) is 1. The van der Waals surface area contributed by atoms with Gasteiger partial charge in [0.15, 0.2) is 0 Å². The molecule has 0 bridgehead atoms. The highest BCUT2D eigenvalue weighted by molar-refractivity contribution is 7.90. The number of alkyl halides is 3. The van der Waals surface area contributed by atoms with Gasteiger partial charge in [-0.15, -0.1) is 4.72 Å². The summed E-state index contributed by atoms with van der Waals surface area (Å²) >= 11 is -1.31. The summed E-state index contributed by atoms with van der Waals surface area (Å²) in [5.41, 5.74) is 0. The molecular weight excluding hydrogens is 239 g/mol. The molecule has 0 aliphatic heterocycles. The second kappa shape index (κ2) is 6.12. The zero-order valence-electron chi connectivity index (χ0n) is 10.1. The Morgan fingerprint density at radius 2 is 1.75 bits per heavy atom. The molecule has 0 aromatic carbocycles. The van der Waals surface area contributed by atoms with Gasteiger partial charge in [0.2, 0.25) is 0 Å². The van der Waals surface area contributed by atoms with E-state index in [-0.39, 0.29) is 12.5 Å². The van der Waals surface area contributed by atoms with Crippen LogP contribution in [0.5, 0.6) is 0 Å². The van der Waals surface area contributed by atoms with Gasteiger partial charge in [-0.05, 0) is 33.6 Å². The quantitative estimate of drug-likeness (QED) is 0.770. The van der Waals surface area contributed by atoms with Crippen LogP contribution < -0.4 is 4.72 Å². The van der Waals surface area contributed by atoms with Crippen LogP contribution in [0.25, 0.3) is 0 Å². The van der Waals surface area contributed by atoms with E-state index in [2.05, 4.69) is 4.72 Å². The Morgan fingerprint density at radius 3 is 2.06 bits per heavy atom. The first-order chi connectivity index (χ1) is 7.06. The molecule has 0 saturated carbocycles. The third-order valence-corrected chi connectivity index (χ3v) is 3.76. The molecule has 2 atom stereocenters. The monoisotopic (exact) mass is 259 g/mol. The first-order valence-electron chi connectivity index (χ1n) is 5.31. The molecule has 6 heteroatoms. The molecule has 0 spiro atoms. The van der Waals surface area contributed by atoms with Crippen LogP contribution in [-0.2, 0) is 11.4 Å². The van der Waals surface area contributed by atoms with E-state index in [4.69, 9.17) is 0 Å². The lowest BCUT2D eigenvalue weighted by molar-refractivity contribution is -0.136. The van der Waals surface area contributed by atoms with Crippen LogP contribution >= 0.6 is 0 Å². The predicted octanol–water partition coefficient (Wildman–Crippen LogP) is 3.16. The molecule has 0 unspecified atom stereocenters. The van der Waals surface area contributed by atoms with E-state index in [1.165, 1.54) is 0 Å². The van der Waals surface area contributed by atoms with Crippen LogP contribution in [0.1, 0.15) is 47.0 Å². The maximum atomic E-state index is 12.0. The molecule has 16 heavy (non-hydrogen) atoms. The Balaban J connectivity index is 4.11. The summed E-state index contributed by atoms with van der Waals surface area (Å²) in [6, 6.07) is -0.346. The molecule has 0 heterocycles. The van der Waals surface area contributed by atoms with Gasteiger partial charge >= 0.3 is 6.18 Å². The van der Waals surface area contributed by atoms with Crippen molar-refractivity contribution in [3.63, 3.8) is 0 Å². The van der Waals surface area contributed by atoms with Crippen molar-refractivity contribution in [3.8, 4) is 0 Å². The molecule has 1 N–H and O–H groups in total. The minimum atomic E-state index is -4.14. The largest absolute Gasteiger partial charge is 0.598 e. The van der Waals surface area contributed by atoms with Gasteiger partial charge < -0.3 is 4.55 Å². The van der Waals surface area contributed by atoms with E-state index in [0.29, 0.717) is 6.42 Å². The number of hydrogen-bond acceptors (Lipinski definition) is 2. The van der Waals surface area contributed by atoms with Gasteiger partial charge in [0.1, 0.15) is 4.75 Å². The minimum absolute atomic E-state index is 0.0260. The fourth-order valence-corrected chi connectivity index (χ4v) is 1.95. The molecule has 2 nitrogen and oxygen atoms in total. The van der Waals surface area contributed by atoms with E-state index in [1.807, 2.05) is 0 Å². The van der Waals surface area contributed by atoms with E-state index in [0.717, 1.165) is 0 Å². The standard InChI is InChI=1S/C10H20F3NOS/c1-5-8(6-7-10(11,12)13)14-16(15)9(2,3)4/h8,14H,5-7H2,1-4H3/t8-,16+/m1/s1. The Bertz CT molecular complexity index is 203. The van der Waals surface area contributed by atoms with Gasteiger partial charge in [-0.25, -0.2) is 0 Å². The van der Waals surface area contributed by atoms with Gasteiger partial charge in [0, 0.05) is 17.8 Å². The third kappa shape index (κ3) is 7.35. The van der Waals surface area contributed by atoms with Crippen LogP contribution in [0.15, 0.2) is 0 Å². The highest BCUT2D eigenvalue weighted by Gasteiger charge is 2.32. The summed E-state index contributed by atoms with van der Waals surface area (Å²) in [7, 11) is 0. The first kappa shape index (κ1) is 16.1. The second-order valence-corrected chi connectivity index (χ2v) is 6.76. The highest BCUT2D eigenvalue weighted by Crippen LogP contribution is 2.24. The smallest absolute Gasteiger partial charge is 0.389 e. The van der Waals surface area contributed by atoms with Crippen molar-refractivity contribution in [1.82, 2.24) is 4.72 Å². The Hall–Kier alpha value is 0.0600. The zero-order chi connectivity index (χ0) is 13.0. The highest BCUT2D eigenvalue weighted by atomic mass is 32.2. The number of nitrogens with one attached hydrogen (secondary N) is 1. The molecule has 0 aromatic rings.